The number of methoxy groups -OCH3 is 2. The van der Waals surface area contributed by atoms with Crippen LogP contribution in [0.5, 0.6) is 11.5 Å². The van der Waals surface area contributed by atoms with Gasteiger partial charge in [-0.15, -0.1) is 0 Å². The van der Waals surface area contributed by atoms with Crippen LogP contribution >= 0.6 is 0 Å². The largest absolute Gasteiger partial charge is 0.496 e. The molecular formula is C13H22N2O2. The molecule has 0 heterocycles. The summed E-state index contributed by atoms with van der Waals surface area (Å²) < 4.78 is 10.9. The Labute approximate surface area is 103 Å². The van der Waals surface area contributed by atoms with Gasteiger partial charge in [-0.1, -0.05) is 0 Å². The fourth-order valence-electron chi connectivity index (χ4n) is 2.25. The van der Waals surface area contributed by atoms with Crippen molar-refractivity contribution in [2.45, 2.75) is 26.8 Å². The second kappa shape index (κ2) is 5.38. The van der Waals surface area contributed by atoms with Gasteiger partial charge in [-0.2, -0.15) is 0 Å². The van der Waals surface area contributed by atoms with E-state index in [9.17, 15) is 0 Å². The molecule has 0 amide bonds. The quantitative estimate of drug-likeness (QED) is 0.835. The Morgan fingerprint density at radius 1 is 0.941 bits per heavy atom. The molecule has 0 saturated heterocycles. The topological polar surface area (TPSA) is 70.5 Å². The Hall–Kier alpha value is -1.26. The minimum atomic E-state index is -0.238. The molecule has 4 N–H and O–H groups in total. The Balaban J connectivity index is 3.60. The zero-order valence-electron chi connectivity index (χ0n) is 11.3. The molecular weight excluding hydrogens is 216 g/mol. The van der Waals surface area contributed by atoms with E-state index in [2.05, 4.69) is 0 Å². The lowest BCUT2D eigenvalue weighted by Gasteiger charge is -2.23. The molecule has 1 aromatic carbocycles. The van der Waals surface area contributed by atoms with Crippen LogP contribution in [0.15, 0.2) is 0 Å². The van der Waals surface area contributed by atoms with E-state index in [4.69, 9.17) is 20.9 Å². The van der Waals surface area contributed by atoms with Crippen molar-refractivity contribution in [3.8, 4) is 11.5 Å². The van der Waals surface area contributed by atoms with Crippen LogP contribution in [0.25, 0.3) is 0 Å². The fourth-order valence-corrected chi connectivity index (χ4v) is 2.25. The molecule has 1 atom stereocenters. The highest BCUT2D eigenvalue weighted by molar-refractivity contribution is 5.59. The van der Waals surface area contributed by atoms with Crippen molar-refractivity contribution in [1.82, 2.24) is 0 Å². The summed E-state index contributed by atoms with van der Waals surface area (Å²) in [7, 11) is 3.32. The lowest BCUT2D eigenvalue weighted by Crippen LogP contribution is -2.23. The van der Waals surface area contributed by atoms with Crippen LogP contribution < -0.4 is 20.9 Å². The number of nitrogens with two attached hydrogens (primary N) is 2. The lowest BCUT2D eigenvalue weighted by molar-refractivity contribution is 0.387. The lowest BCUT2D eigenvalue weighted by atomic mass is 9.93. The van der Waals surface area contributed by atoms with Gasteiger partial charge in [-0.3, -0.25) is 0 Å². The van der Waals surface area contributed by atoms with Gasteiger partial charge in [-0.25, -0.2) is 0 Å². The third kappa shape index (κ3) is 2.23. The molecule has 0 aromatic heterocycles. The Morgan fingerprint density at radius 3 is 1.82 bits per heavy atom. The average Bonchev–Trinajstić information content (AvgIpc) is 2.33. The van der Waals surface area contributed by atoms with Crippen LogP contribution in [0.2, 0.25) is 0 Å². The zero-order chi connectivity index (χ0) is 13.2. The molecule has 1 unspecified atom stereocenters. The predicted octanol–water partition coefficient (Wildman–Crippen LogP) is 1.59. The van der Waals surface area contributed by atoms with Crippen molar-refractivity contribution in [2.24, 2.45) is 11.5 Å². The summed E-state index contributed by atoms with van der Waals surface area (Å²) in [4.78, 5) is 0. The molecule has 0 saturated carbocycles. The highest BCUT2D eigenvalue weighted by atomic mass is 16.5. The second-order valence-electron chi connectivity index (χ2n) is 4.20. The molecule has 96 valence electrons. The van der Waals surface area contributed by atoms with E-state index in [0.717, 1.165) is 33.8 Å². The summed E-state index contributed by atoms with van der Waals surface area (Å²) in [5.74, 6) is 1.68. The first-order valence-electron chi connectivity index (χ1n) is 5.66. The molecule has 17 heavy (non-hydrogen) atoms. The van der Waals surface area contributed by atoms with Crippen molar-refractivity contribution >= 4 is 0 Å². The summed E-state index contributed by atoms with van der Waals surface area (Å²) in [5.41, 5.74) is 15.8. The summed E-state index contributed by atoms with van der Waals surface area (Å²) in [6, 6.07) is -0.238. The second-order valence-corrected chi connectivity index (χ2v) is 4.20. The van der Waals surface area contributed by atoms with Gasteiger partial charge in [0, 0.05) is 18.2 Å². The fraction of sp³-hybridized carbons (Fsp3) is 0.538. The van der Waals surface area contributed by atoms with Crippen molar-refractivity contribution < 1.29 is 9.47 Å². The van der Waals surface area contributed by atoms with E-state index in [1.54, 1.807) is 14.2 Å². The first-order chi connectivity index (χ1) is 7.99. The van der Waals surface area contributed by atoms with Gasteiger partial charge in [-0.05, 0) is 37.5 Å². The minimum Gasteiger partial charge on any atom is -0.496 e. The molecule has 0 aliphatic rings. The maximum Gasteiger partial charge on any atom is 0.127 e. The number of hydrogen-bond acceptors (Lipinski definition) is 4. The highest BCUT2D eigenvalue weighted by Crippen LogP contribution is 2.39. The van der Waals surface area contributed by atoms with E-state index < -0.39 is 0 Å². The minimum absolute atomic E-state index is 0.238. The third-order valence-corrected chi connectivity index (χ3v) is 3.27. The highest BCUT2D eigenvalue weighted by Gasteiger charge is 2.22. The van der Waals surface area contributed by atoms with Gasteiger partial charge in [0.1, 0.15) is 11.5 Å². The standard InChI is InChI=1S/C13H22N2O2/c1-7-8(2)13(17-5)11(10(15)6-14)9(3)12(7)16-4/h10H,6,14-15H2,1-5H3. The smallest absolute Gasteiger partial charge is 0.127 e. The summed E-state index contributed by atoms with van der Waals surface area (Å²) in [6.07, 6.45) is 0. The number of benzene rings is 1. The van der Waals surface area contributed by atoms with E-state index >= 15 is 0 Å². The molecule has 0 bridgehead atoms. The number of hydrogen-bond donors (Lipinski definition) is 2. The predicted molar refractivity (Wildman–Crippen MR) is 69.7 cm³/mol. The van der Waals surface area contributed by atoms with Crippen LogP contribution in [0.4, 0.5) is 0 Å². The molecule has 1 aromatic rings. The Kier molecular flexibility index (Phi) is 4.37. The zero-order valence-corrected chi connectivity index (χ0v) is 11.3. The van der Waals surface area contributed by atoms with Crippen LogP contribution in [-0.4, -0.2) is 20.8 Å². The Morgan fingerprint density at radius 2 is 1.41 bits per heavy atom. The summed E-state index contributed by atoms with van der Waals surface area (Å²) >= 11 is 0. The van der Waals surface area contributed by atoms with Crippen molar-refractivity contribution in [1.29, 1.82) is 0 Å². The van der Waals surface area contributed by atoms with E-state index in [1.807, 2.05) is 20.8 Å². The van der Waals surface area contributed by atoms with Gasteiger partial charge in [0.05, 0.1) is 14.2 Å². The van der Waals surface area contributed by atoms with E-state index in [0.29, 0.717) is 6.54 Å². The van der Waals surface area contributed by atoms with Crippen LogP contribution in [-0.2, 0) is 0 Å². The first kappa shape index (κ1) is 13.8. The molecule has 0 aliphatic heterocycles. The number of ether oxygens (including phenoxy) is 2. The van der Waals surface area contributed by atoms with E-state index in [-0.39, 0.29) is 6.04 Å². The van der Waals surface area contributed by atoms with Gasteiger partial charge in [0.25, 0.3) is 0 Å². The molecule has 0 fully saturated rings. The molecule has 4 heteroatoms. The molecule has 0 radical (unpaired) electrons. The van der Waals surface area contributed by atoms with E-state index in [1.165, 1.54) is 0 Å². The summed E-state index contributed by atoms with van der Waals surface area (Å²) in [5, 5.41) is 0. The van der Waals surface area contributed by atoms with Gasteiger partial charge >= 0.3 is 0 Å². The molecule has 0 aliphatic carbocycles. The summed E-state index contributed by atoms with van der Waals surface area (Å²) in [6.45, 7) is 6.38. The molecule has 0 spiro atoms. The molecule has 1 rings (SSSR count). The average molecular weight is 238 g/mol. The van der Waals surface area contributed by atoms with Crippen LogP contribution in [0, 0.1) is 20.8 Å². The maximum atomic E-state index is 6.05. The third-order valence-electron chi connectivity index (χ3n) is 3.27. The monoisotopic (exact) mass is 238 g/mol. The van der Waals surface area contributed by atoms with Gasteiger partial charge in [0.15, 0.2) is 0 Å². The number of rotatable bonds is 4. The Bertz CT molecular complexity index is 417. The van der Waals surface area contributed by atoms with Crippen LogP contribution in [0.1, 0.15) is 28.3 Å². The molecule has 4 nitrogen and oxygen atoms in total. The SMILES string of the molecule is COc1c(C)c(C)c(OC)c(C(N)CN)c1C. The van der Waals surface area contributed by atoms with Gasteiger partial charge < -0.3 is 20.9 Å². The van der Waals surface area contributed by atoms with Crippen LogP contribution in [0.3, 0.4) is 0 Å². The van der Waals surface area contributed by atoms with Gasteiger partial charge in [0.2, 0.25) is 0 Å². The van der Waals surface area contributed by atoms with Crippen molar-refractivity contribution in [3.63, 3.8) is 0 Å². The normalized spacial score (nSPS) is 12.4. The first-order valence-corrected chi connectivity index (χ1v) is 5.66. The van der Waals surface area contributed by atoms with Crippen molar-refractivity contribution in [2.75, 3.05) is 20.8 Å². The van der Waals surface area contributed by atoms with Crippen molar-refractivity contribution in [3.05, 3.63) is 22.3 Å². The maximum absolute atomic E-state index is 6.05.